The first-order valence-corrected chi connectivity index (χ1v) is 16.5. The van der Waals surface area contributed by atoms with Crippen molar-refractivity contribution in [3.05, 3.63) is 60.4 Å². The molecule has 0 aliphatic carbocycles. The molecule has 0 bridgehead atoms. The van der Waals surface area contributed by atoms with Crippen LogP contribution in [0.5, 0.6) is 0 Å². The molecule has 0 saturated carbocycles. The molecule has 224 valence electrons. The van der Waals surface area contributed by atoms with E-state index in [2.05, 4.69) is 25.2 Å². The number of nitrogens with two attached hydrogens (primary N) is 1. The third kappa shape index (κ3) is 5.18. The number of piperazine rings is 1. The van der Waals surface area contributed by atoms with Gasteiger partial charge < -0.3 is 16.0 Å². The highest BCUT2D eigenvalue weighted by Gasteiger charge is 2.25. The number of nitrogen functional groups attached to an aromatic ring is 1. The summed E-state index contributed by atoms with van der Waals surface area (Å²) in [5.41, 5.74) is 11.1. The van der Waals surface area contributed by atoms with Crippen LogP contribution in [0.1, 0.15) is 12.5 Å². The fraction of sp³-hybridized carbons (Fsp3) is 0.241. The van der Waals surface area contributed by atoms with E-state index in [1.807, 2.05) is 53.2 Å². The highest BCUT2D eigenvalue weighted by atomic mass is 32.2. The fourth-order valence-corrected chi connectivity index (χ4v) is 7.33. The summed E-state index contributed by atoms with van der Waals surface area (Å²) < 4.78 is 28.3. The number of carbonyl (C=O) groups excluding carboxylic acids is 1. The minimum Gasteiger partial charge on any atom is -0.383 e. The number of pyridine rings is 1. The second-order valence-corrected chi connectivity index (χ2v) is 13.7. The number of thiazole rings is 1. The number of sulfonamides is 1. The van der Waals surface area contributed by atoms with Crippen LogP contribution in [0.15, 0.2) is 54.9 Å². The number of nitrogens with zero attached hydrogens (tertiary/aromatic N) is 8. The van der Waals surface area contributed by atoms with E-state index < -0.39 is 10.0 Å². The third-order valence-electron chi connectivity index (χ3n) is 7.64. The Bertz CT molecular complexity index is 2190. The van der Waals surface area contributed by atoms with E-state index in [-0.39, 0.29) is 5.91 Å². The Balaban J connectivity index is 1.29. The van der Waals surface area contributed by atoms with Crippen molar-refractivity contribution < 1.29 is 13.2 Å². The van der Waals surface area contributed by atoms with Crippen LogP contribution in [0, 0.1) is 0 Å². The van der Waals surface area contributed by atoms with E-state index in [1.54, 1.807) is 0 Å². The molecular formula is C29H28N10O3S2. The predicted molar refractivity (Wildman–Crippen MR) is 172 cm³/mol. The molecule has 5 heterocycles. The van der Waals surface area contributed by atoms with Gasteiger partial charge in [-0.15, -0.1) is 0 Å². The van der Waals surface area contributed by atoms with E-state index in [0.29, 0.717) is 60.4 Å². The van der Waals surface area contributed by atoms with Crippen molar-refractivity contribution in [2.75, 3.05) is 48.4 Å². The Labute approximate surface area is 256 Å². The molecule has 3 N–H and O–H groups in total. The first-order valence-electron chi connectivity index (χ1n) is 13.9. The average molecular weight is 629 g/mol. The van der Waals surface area contributed by atoms with Gasteiger partial charge in [-0.05, 0) is 29.8 Å². The third-order valence-corrected chi connectivity index (χ3v) is 9.88. The lowest BCUT2D eigenvalue weighted by Gasteiger charge is -2.34. The van der Waals surface area contributed by atoms with Crippen LogP contribution in [0.4, 0.5) is 16.8 Å². The Morgan fingerprint density at radius 1 is 1.02 bits per heavy atom. The zero-order valence-electron chi connectivity index (χ0n) is 23.9. The maximum Gasteiger partial charge on any atom is 0.223 e. The smallest absolute Gasteiger partial charge is 0.223 e. The number of nitrogens with one attached hydrogen (secondary N) is 1. The summed E-state index contributed by atoms with van der Waals surface area (Å²) in [6.07, 6.45) is 2.68. The molecule has 44 heavy (non-hydrogen) atoms. The van der Waals surface area contributed by atoms with Gasteiger partial charge in [0.25, 0.3) is 0 Å². The molecule has 0 atom stereocenters. The quantitative estimate of drug-likeness (QED) is 0.279. The van der Waals surface area contributed by atoms with Crippen molar-refractivity contribution in [3.8, 4) is 11.3 Å². The van der Waals surface area contributed by atoms with Crippen molar-refractivity contribution in [2.24, 2.45) is 0 Å². The van der Waals surface area contributed by atoms with Gasteiger partial charge in [0.2, 0.25) is 15.9 Å². The van der Waals surface area contributed by atoms with Crippen LogP contribution >= 0.6 is 11.3 Å². The molecular weight excluding hydrogens is 601 g/mol. The van der Waals surface area contributed by atoms with E-state index in [0.717, 1.165) is 38.1 Å². The van der Waals surface area contributed by atoms with Gasteiger partial charge in [-0.2, -0.15) is 9.40 Å². The molecule has 6 aromatic rings. The van der Waals surface area contributed by atoms with Gasteiger partial charge in [-0.3, -0.25) is 4.79 Å². The molecule has 15 heteroatoms. The molecule has 2 aromatic carbocycles. The van der Waals surface area contributed by atoms with Crippen molar-refractivity contribution in [1.29, 1.82) is 0 Å². The number of fused-ring (bicyclic) bond motifs is 3. The number of aromatic nitrogens is 6. The zero-order valence-corrected chi connectivity index (χ0v) is 25.6. The second kappa shape index (κ2) is 10.8. The number of rotatable bonds is 6. The number of benzene rings is 2. The van der Waals surface area contributed by atoms with E-state index >= 15 is 0 Å². The number of hydrogen-bond acceptors (Lipinski definition) is 11. The van der Waals surface area contributed by atoms with Crippen LogP contribution in [-0.4, -0.2) is 80.8 Å². The molecule has 13 nitrogen and oxygen atoms in total. The minimum atomic E-state index is -3.24. The Morgan fingerprint density at radius 2 is 1.82 bits per heavy atom. The maximum atomic E-state index is 12.0. The molecule has 1 saturated heterocycles. The SMILES string of the molecule is CC(=O)Nc1nc2ccc(-c3nn(Cc4cc(N5CCN(S(C)(=O)=O)CC5)nc5ccccc45)c4ncnc(N)c34)cc2s1. The van der Waals surface area contributed by atoms with Crippen LogP contribution in [0.3, 0.4) is 0 Å². The molecule has 7 rings (SSSR count). The average Bonchev–Trinajstić information content (AvgIpc) is 3.57. The molecule has 1 aliphatic rings. The molecule has 1 aliphatic heterocycles. The summed E-state index contributed by atoms with van der Waals surface area (Å²) in [5.74, 6) is 0.925. The van der Waals surface area contributed by atoms with E-state index in [9.17, 15) is 13.2 Å². The topological polar surface area (TPSA) is 165 Å². The summed E-state index contributed by atoms with van der Waals surface area (Å²) in [4.78, 5) is 31.9. The van der Waals surface area contributed by atoms with Gasteiger partial charge in [-0.1, -0.05) is 35.6 Å². The summed E-state index contributed by atoms with van der Waals surface area (Å²) >= 11 is 1.38. The molecule has 0 radical (unpaired) electrons. The maximum absolute atomic E-state index is 12.0. The first-order chi connectivity index (χ1) is 21.1. The highest BCUT2D eigenvalue weighted by molar-refractivity contribution is 7.88. The monoisotopic (exact) mass is 628 g/mol. The normalized spacial score (nSPS) is 14.5. The Hall–Kier alpha value is -4.73. The first kappa shape index (κ1) is 28.1. The summed E-state index contributed by atoms with van der Waals surface area (Å²) in [6, 6.07) is 15.8. The number of anilines is 3. The fourth-order valence-electron chi connectivity index (χ4n) is 5.55. The number of amides is 1. The molecule has 0 spiro atoms. The molecule has 1 amide bonds. The van der Waals surface area contributed by atoms with Gasteiger partial charge in [0.15, 0.2) is 10.8 Å². The number of para-hydroxylation sites is 1. The highest BCUT2D eigenvalue weighted by Crippen LogP contribution is 2.35. The summed E-state index contributed by atoms with van der Waals surface area (Å²) in [7, 11) is -3.24. The van der Waals surface area contributed by atoms with Gasteiger partial charge in [0.1, 0.15) is 23.7 Å². The lowest BCUT2D eigenvalue weighted by Crippen LogP contribution is -2.48. The van der Waals surface area contributed by atoms with Crippen molar-refractivity contribution >= 4 is 76.2 Å². The Morgan fingerprint density at radius 3 is 2.59 bits per heavy atom. The lowest BCUT2D eigenvalue weighted by atomic mass is 10.1. The second-order valence-electron chi connectivity index (χ2n) is 10.7. The van der Waals surface area contributed by atoms with Crippen molar-refractivity contribution in [2.45, 2.75) is 13.5 Å². The number of carbonyl (C=O) groups is 1. The van der Waals surface area contributed by atoms with Crippen LogP contribution in [0.2, 0.25) is 0 Å². The minimum absolute atomic E-state index is 0.179. The molecule has 4 aromatic heterocycles. The number of hydrogen-bond donors (Lipinski definition) is 2. The Kier molecular flexibility index (Phi) is 6.87. The van der Waals surface area contributed by atoms with E-state index in [4.69, 9.17) is 15.8 Å². The molecule has 0 unspecified atom stereocenters. The summed E-state index contributed by atoms with van der Waals surface area (Å²) in [5, 5.41) is 9.91. The van der Waals surface area contributed by atoms with Crippen molar-refractivity contribution in [1.82, 2.24) is 34.0 Å². The van der Waals surface area contributed by atoms with Crippen LogP contribution in [-0.2, 0) is 21.4 Å². The predicted octanol–water partition coefficient (Wildman–Crippen LogP) is 3.32. The standard InChI is InChI=1S/C29H28N10O3S2/c1-17(40)33-29-35-22-8-7-18(13-23(22)43-29)26-25-27(30)31-16-32-28(25)39(36-26)15-19-14-24(34-21-6-4-3-5-20(19)21)37-9-11-38(12-10-37)44(2,41)42/h3-8,13-14,16H,9-12,15H2,1-2H3,(H2,30,31,32)(H,33,35,40). The van der Waals surface area contributed by atoms with Crippen LogP contribution < -0.4 is 16.0 Å². The van der Waals surface area contributed by atoms with Gasteiger partial charge in [0.05, 0.1) is 33.9 Å². The van der Waals surface area contributed by atoms with Crippen LogP contribution in [0.25, 0.3) is 43.4 Å². The van der Waals surface area contributed by atoms with Crippen molar-refractivity contribution in [3.63, 3.8) is 0 Å². The van der Waals surface area contributed by atoms with Gasteiger partial charge in [-0.25, -0.2) is 33.0 Å². The zero-order chi connectivity index (χ0) is 30.6. The van der Waals surface area contributed by atoms with Gasteiger partial charge >= 0.3 is 0 Å². The largest absolute Gasteiger partial charge is 0.383 e. The lowest BCUT2D eigenvalue weighted by molar-refractivity contribution is -0.114. The molecule has 1 fully saturated rings. The van der Waals surface area contributed by atoms with E-state index in [1.165, 1.54) is 35.1 Å². The summed E-state index contributed by atoms with van der Waals surface area (Å²) in [6.45, 7) is 3.74. The van der Waals surface area contributed by atoms with Gasteiger partial charge in [0, 0.05) is 44.1 Å².